The van der Waals surface area contributed by atoms with Gasteiger partial charge in [-0.05, 0) is 67.6 Å². The predicted octanol–water partition coefficient (Wildman–Crippen LogP) is 8.00. The van der Waals surface area contributed by atoms with Crippen molar-refractivity contribution in [3.63, 3.8) is 0 Å². The molecule has 3 aromatic carbocycles. The van der Waals surface area contributed by atoms with Crippen molar-refractivity contribution in [1.82, 2.24) is 10.1 Å². The van der Waals surface area contributed by atoms with Crippen LogP contribution in [0.25, 0.3) is 33.6 Å². The Morgan fingerprint density at radius 1 is 0.927 bits per heavy atom. The van der Waals surface area contributed by atoms with E-state index in [1.807, 2.05) is 62.4 Å². The highest BCUT2D eigenvalue weighted by atomic mass is 19.1. The molecule has 1 N–H and O–H groups in total. The highest BCUT2D eigenvalue weighted by Gasteiger charge is 2.52. The van der Waals surface area contributed by atoms with E-state index in [0.29, 0.717) is 35.0 Å². The average Bonchev–Trinajstić information content (AvgIpc) is 3.73. The molecule has 41 heavy (non-hydrogen) atoms. The topological polar surface area (TPSA) is 77.2 Å². The summed E-state index contributed by atoms with van der Waals surface area (Å²) in [6.07, 6.45) is 4.71. The number of nitrogens with one attached hydrogen (secondary N) is 1. The smallest absolute Gasteiger partial charge is 0.316 e. The SMILES string of the molecule is CCOC(=O)C1(c2ccc(-c3ccc(-c4onc(C)c4Nc4cncc(-c5cc(F)ccc5F)c4)cc3)cc2)CC1. The largest absolute Gasteiger partial charge is 0.465 e. The summed E-state index contributed by atoms with van der Waals surface area (Å²) in [6.45, 7) is 4.02. The van der Waals surface area contributed by atoms with Crippen molar-refractivity contribution >= 4 is 17.3 Å². The molecular formula is C33H27F2N3O3. The zero-order chi connectivity index (χ0) is 28.6. The first-order valence-electron chi connectivity index (χ1n) is 13.4. The Balaban J connectivity index is 1.22. The molecule has 2 heterocycles. The second-order valence-corrected chi connectivity index (χ2v) is 10.1. The number of hydrogen-bond donors (Lipinski definition) is 1. The molecule has 0 aliphatic heterocycles. The van der Waals surface area contributed by atoms with Crippen LogP contribution in [-0.2, 0) is 14.9 Å². The lowest BCUT2D eigenvalue weighted by atomic mass is 9.93. The van der Waals surface area contributed by atoms with Crippen molar-refractivity contribution < 1.29 is 22.8 Å². The molecule has 5 aromatic rings. The number of nitrogens with zero attached hydrogens (tertiary/aromatic N) is 2. The fourth-order valence-electron chi connectivity index (χ4n) is 5.03. The molecule has 0 saturated heterocycles. The lowest BCUT2D eigenvalue weighted by Crippen LogP contribution is -2.23. The zero-order valence-corrected chi connectivity index (χ0v) is 22.6. The molecule has 8 heteroatoms. The van der Waals surface area contributed by atoms with E-state index in [4.69, 9.17) is 9.26 Å². The lowest BCUT2D eigenvalue weighted by Gasteiger charge is -2.14. The van der Waals surface area contributed by atoms with Gasteiger partial charge in [-0.1, -0.05) is 53.7 Å². The Morgan fingerprint density at radius 3 is 2.29 bits per heavy atom. The van der Waals surface area contributed by atoms with E-state index in [1.54, 1.807) is 12.3 Å². The Labute approximate surface area is 236 Å². The fraction of sp³-hybridized carbons (Fsp3) is 0.182. The van der Waals surface area contributed by atoms with Gasteiger partial charge < -0.3 is 14.6 Å². The van der Waals surface area contributed by atoms with E-state index >= 15 is 0 Å². The van der Waals surface area contributed by atoms with Crippen LogP contribution in [0.5, 0.6) is 0 Å². The second kappa shape index (κ2) is 10.6. The van der Waals surface area contributed by atoms with Crippen molar-refractivity contribution in [1.29, 1.82) is 0 Å². The van der Waals surface area contributed by atoms with Crippen molar-refractivity contribution in [3.8, 4) is 33.6 Å². The van der Waals surface area contributed by atoms with Crippen molar-refractivity contribution in [2.45, 2.75) is 32.1 Å². The van der Waals surface area contributed by atoms with Gasteiger partial charge in [-0.2, -0.15) is 0 Å². The van der Waals surface area contributed by atoms with Crippen LogP contribution >= 0.6 is 0 Å². The normalized spacial score (nSPS) is 13.6. The van der Waals surface area contributed by atoms with Gasteiger partial charge >= 0.3 is 5.97 Å². The minimum Gasteiger partial charge on any atom is -0.465 e. The second-order valence-electron chi connectivity index (χ2n) is 10.1. The van der Waals surface area contributed by atoms with Gasteiger partial charge in [-0.25, -0.2) is 8.78 Å². The van der Waals surface area contributed by atoms with Crippen LogP contribution in [0, 0.1) is 18.6 Å². The number of carbonyl (C=O) groups is 1. The molecule has 0 radical (unpaired) electrons. The van der Waals surface area contributed by atoms with E-state index in [9.17, 15) is 13.6 Å². The van der Waals surface area contributed by atoms with Gasteiger partial charge in [0, 0.05) is 22.9 Å². The number of benzene rings is 3. The molecule has 0 spiro atoms. The van der Waals surface area contributed by atoms with Crippen LogP contribution in [0.4, 0.5) is 20.2 Å². The van der Waals surface area contributed by atoms with E-state index in [2.05, 4.69) is 15.5 Å². The van der Waals surface area contributed by atoms with Crippen LogP contribution in [0.3, 0.4) is 0 Å². The molecule has 0 unspecified atom stereocenters. The third kappa shape index (κ3) is 5.09. The lowest BCUT2D eigenvalue weighted by molar-refractivity contribution is -0.146. The van der Waals surface area contributed by atoms with Gasteiger partial charge in [0.05, 0.1) is 23.9 Å². The van der Waals surface area contributed by atoms with Crippen LogP contribution in [-0.4, -0.2) is 22.7 Å². The maximum atomic E-state index is 14.3. The average molecular weight is 552 g/mol. The van der Waals surface area contributed by atoms with Gasteiger partial charge in [0.15, 0.2) is 5.76 Å². The summed E-state index contributed by atoms with van der Waals surface area (Å²) in [5.74, 6) is -0.669. The molecule has 1 aliphatic rings. The first-order chi connectivity index (χ1) is 19.9. The summed E-state index contributed by atoms with van der Waals surface area (Å²) in [5, 5.41) is 7.42. The van der Waals surface area contributed by atoms with Gasteiger partial charge in [0.25, 0.3) is 0 Å². The van der Waals surface area contributed by atoms with Gasteiger partial charge in [-0.15, -0.1) is 0 Å². The molecule has 1 fully saturated rings. The minimum atomic E-state index is -0.534. The quantitative estimate of drug-likeness (QED) is 0.197. The van der Waals surface area contributed by atoms with Gasteiger partial charge in [-0.3, -0.25) is 9.78 Å². The van der Waals surface area contributed by atoms with Crippen molar-refractivity contribution in [2.24, 2.45) is 0 Å². The monoisotopic (exact) mass is 551 g/mol. The molecule has 206 valence electrons. The van der Waals surface area contributed by atoms with Crippen LogP contribution < -0.4 is 5.32 Å². The number of anilines is 2. The molecule has 2 aromatic heterocycles. The molecule has 0 amide bonds. The standard InChI is InChI=1S/C33H27F2N3O3/c1-3-40-32(39)33(14-15-33)25-10-8-22(9-11-25)21-4-6-23(7-5-21)31-30(20(2)38-41-31)37-27-16-24(18-36-19-27)28-17-26(34)12-13-29(28)35/h4-13,16-19,37H,3,14-15H2,1-2H3. The minimum absolute atomic E-state index is 0.125. The Hall–Kier alpha value is -4.85. The van der Waals surface area contributed by atoms with Crippen molar-refractivity contribution in [2.75, 3.05) is 11.9 Å². The number of aromatic nitrogens is 2. The molecule has 0 bridgehead atoms. The van der Waals surface area contributed by atoms with E-state index < -0.39 is 17.0 Å². The maximum absolute atomic E-state index is 14.3. The van der Waals surface area contributed by atoms with E-state index in [-0.39, 0.29) is 11.5 Å². The number of halogens is 2. The van der Waals surface area contributed by atoms with Crippen LogP contribution in [0.2, 0.25) is 0 Å². The number of aryl methyl sites for hydroxylation is 1. The van der Waals surface area contributed by atoms with Crippen LogP contribution in [0.1, 0.15) is 31.0 Å². The fourth-order valence-corrected chi connectivity index (χ4v) is 5.03. The van der Waals surface area contributed by atoms with Crippen molar-refractivity contribution in [3.05, 3.63) is 108 Å². The number of carbonyl (C=O) groups excluding carboxylic acids is 1. The first kappa shape index (κ1) is 26.4. The summed E-state index contributed by atoms with van der Waals surface area (Å²) in [7, 11) is 0. The first-order valence-corrected chi connectivity index (χ1v) is 13.4. The molecule has 6 nitrogen and oxygen atoms in total. The predicted molar refractivity (Wildman–Crippen MR) is 153 cm³/mol. The molecule has 6 rings (SSSR count). The van der Waals surface area contributed by atoms with Gasteiger partial charge in [0.2, 0.25) is 0 Å². The summed E-state index contributed by atoms with van der Waals surface area (Å²) in [4.78, 5) is 16.6. The molecular weight excluding hydrogens is 524 g/mol. The Bertz CT molecular complexity index is 1730. The summed E-state index contributed by atoms with van der Waals surface area (Å²) >= 11 is 0. The molecule has 0 atom stereocenters. The summed E-state index contributed by atoms with van der Waals surface area (Å²) in [6, 6.07) is 21.0. The molecule has 1 aliphatic carbocycles. The number of ether oxygens (including phenoxy) is 1. The third-order valence-corrected chi connectivity index (χ3v) is 7.44. The highest BCUT2D eigenvalue weighted by Crippen LogP contribution is 2.49. The van der Waals surface area contributed by atoms with Gasteiger partial charge in [0.1, 0.15) is 23.0 Å². The number of hydrogen-bond acceptors (Lipinski definition) is 6. The zero-order valence-electron chi connectivity index (χ0n) is 22.6. The molecule has 1 saturated carbocycles. The third-order valence-electron chi connectivity index (χ3n) is 7.44. The van der Waals surface area contributed by atoms with Crippen LogP contribution in [0.15, 0.2) is 89.7 Å². The summed E-state index contributed by atoms with van der Waals surface area (Å²) < 4.78 is 39.0. The number of pyridine rings is 1. The maximum Gasteiger partial charge on any atom is 0.316 e. The van der Waals surface area contributed by atoms with E-state index in [0.717, 1.165) is 53.3 Å². The number of esters is 1. The summed E-state index contributed by atoms with van der Waals surface area (Å²) in [5.41, 5.74) is 5.77. The highest BCUT2D eigenvalue weighted by molar-refractivity contribution is 5.87. The van der Waals surface area contributed by atoms with E-state index in [1.165, 1.54) is 6.20 Å². The Morgan fingerprint density at radius 2 is 1.61 bits per heavy atom. The Kier molecular flexibility index (Phi) is 6.83. The number of rotatable bonds is 8.